The first-order valence-electron chi connectivity index (χ1n) is 8.99. The van der Waals surface area contributed by atoms with Crippen molar-refractivity contribution in [2.45, 2.75) is 6.54 Å². The third-order valence-corrected chi connectivity index (χ3v) is 4.67. The molecular formula is C20H23N3O5. The molecule has 1 aliphatic rings. The number of nitrogens with zero attached hydrogens (tertiary/aromatic N) is 3. The topological polar surface area (TPSA) is 85.2 Å². The van der Waals surface area contributed by atoms with Crippen LogP contribution in [0.25, 0.3) is 0 Å². The van der Waals surface area contributed by atoms with E-state index in [0.29, 0.717) is 44.3 Å². The van der Waals surface area contributed by atoms with E-state index in [1.54, 1.807) is 26.3 Å². The zero-order chi connectivity index (χ0) is 20.1. The van der Waals surface area contributed by atoms with Crippen LogP contribution < -0.4 is 9.64 Å². The van der Waals surface area contributed by atoms with E-state index in [2.05, 4.69) is 0 Å². The molecule has 0 saturated carbocycles. The van der Waals surface area contributed by atoms with Gasteiger partial charge in [-0.3, -0.25) is 14.9 Å². The predicted octanol–water partition coefficient (Wildman–Crippen LogP) is 2.71. The molecule has 0 radical (unpaired) electrons. The Morgan fingerprint density at radius 1 is 1.25 bits per heavy atom. The second-order valence-corrected chi connectivity index (χ2v) is 6.57. The summed E-state index contributed by atoms with van der Waals surface area (Å²) in [6.07, 6.45) is 0. The van der Waals surface area contributed by atoms with Crippen LogP contribution in [0.5, 0.6) is 5.75 Å². The summed E-state index contributed by atoms with van der Waals surface area (Å²) in [7, 11) is 3.26. The largest absolute Gasteiger partial charge is 0.497 e. The fourth-order valence-electron chi connectivity index (χ4n) is 3.21. The number of hydrogen-bond donors (Lipinski definition) is 0. The normalized spacial score (nSPS) is 13.9. The summed E-state index contributed by atoms with van der Waals surface area (Å²) >= 11 is 0. The number of ether oxygens (including phenoxy) is 2. The Morgan fingerprint density at radius 2 is 2.00 bits per heavy atom. The van der Waals surface area contributed by atoms with Crippen LogP contribution in [0.15, 0.2) is 42.5 Å². The van der Waals surface area contributed by atoms with Crippen molar-refractivity contribution in [3.8, 4) is 5.75 Å². The quantitative estimate of drug-likeness (QED) is 0.561. The van der Waals surface area contributed by atoms with Crippen molar-refractivity contribution in [2.24, 2.45) is 0 Å². The maximum atomic E-state index is 12.8. The van der Waals surface area contributed by atoms with Gasteiger partial charge in [0.05, 0.1) is 25.2 Å². The number of anilines is 1. The first-order chi connectivity index (χ1) is 13.5. The molecule has 3 rings (SSSR count). The zero-order valence-electron chi connectivity index (χ0n) is 16.0. The smallest absolute Gasteiger partial charge is 0.293 e. The van der Waals surface area contributed by atoms with Gasteiger partial charge in [-0.1, -0.05) is 12.1 Å². The predicted molar refractivity (Wildman–Crippen MR) is 105 cm³/mol. The third kappa shape index (κ3) is 4.40. The molecule has 0 N–H and O–H groups in total. The SMILES string of the molecule is COc1cccc(CN(C)C(=O)c2ccc(N3CCOCC3)c([N+](=O)[O-])c2)c1. The van der Waals surface area contributed by atoms with Gasteiger partial charge in [0.2, 0.25) is 0 Å². The van der Waals surface area contributed by atoms with Crippen LogP contribution in [0.2, 0.25) is 0 Å². The van der Waals surface area contributed by atoms with Crippen LogP contribution >= 0.6 is 0 Å². The lowest BCUT2D eigenvalue weighted by molar-refractivity contribution is -0.384. The van der Waals surface area contributed by atoms with E-state index >= 15 is 0 Å². The van der Waals surface area contributed by atoms with Crippen LogP contribution in [-0.4, -0.2) is 56.2 Å². The van der Waals surface area contributed by atoms with E-state index in [4.69, 9.17) is 9.47 Å². The monoisotopic (exact) mass is 385 g/mol. The molecule has 0 bridgehead atoms. The van der Waals surface area contributed by atoms with Gasteiger partial charge in [-0.2, -0.15) is 0 Å². The highest BCUT2D eigenvalue weighted by Gasteiger charge is 2.24. The Morgan fingerprint density at radius 3 is 2.68 bits per heavy atom. The lowest BCUT2D eigenvalue weighted by Crippen LogP contribution is -2.36. The molecule has 0 spiro atoms. The molecule has 0 atom stereocenters. The number of nitro benzene ring substituents is 1. The lowest BCUT2D eigenvalue weighted by Gasteiger charge is -2.28. The van der Waals surface area contributed by atoms with Gasteiger partial charge in [-0.05, 0) is 29.8 Å². The summed E-state index contributed by atoms with van der Waals surface area (Å²) in [5, 5.41) is 11.6. The first-order valence-corrected chi connectivity index (χ1v) is 8.99. The number of amides is 1. The molecule has 8 nitrogen and oxygen atoms in total. The Kier molecular flexibility index (Phi) is 6.10. The summed E-state index contributed by atoms with van der Waals surface area (Å²) in [5.74, 6) is 0.434. The van der Waals surface area contributed by atoms with Crippen LogP contribution in [0, 0.1) is 10.1 Å². The second kappa shape index (κ2) is 8.71. The zero-order valence-corrected chi connectivity index (χ0v) is 16.0. The van der Waals surface area contributed by atoms with Gasteiger partial charge < -0.3 is 19.3 Å². The van der Waals surface area contributed by atoms with Gasteiger partial charge in [-0.15, -0.1) is 0 Å². The molecule has 28 heavy (non-hydrogen) atoms. The summed E-state index contributed by atoms with van der Waals surface area (Å²) < 4.78 is 10.5. The average molecular weight is 385 g/mol. The maximum Gasteiger partial charge on any atom is 0.293 e. The van der Waals surface area contributed by atoms with Gasteiger partial charge in [0, 0.05) is 38.3 Å². The number of methoxy groups -OCH3 is 1. The molecule has 148 valence electrons. The molecule has 0 aromatic heterocycles. The minimum absolute atomic E-state index is 0.0671. The summed E-state index contributed by atoms with van der Waals surface area (Å²) in [5.41, 5.74) is 1.64. The number of hydrogen-bond acceptors (Lipinski definition) is 6. The standard InChI is InChI=1S/C20H23N3O5/c1-21(14-15-4-3-5-17(12-15)27-2)20(24)16-6-7-18(19(13-16)23(25)26)22-8-10-28-11-9-22/h3-7,12-13H,8-11,14H2,1-2H3. The van der Waals surface area contributed by atoms with Crippen LogP contribution in [-0.2, 0) is 11.3 Å². The van der Waals surface area contributed by atoms with Gasteiger partial charge >= 0.3 is 0 Å². The van der Waals surface area contributed by atoms with Crippen molar-refractivity contribution >= 4 is 17.3 Å². The van der Waals surface area contributed by atoms with Gasteiger partial charge in [-0.25, -0.2) is 0 Å². The van der Waals surface area contributed by atoms with E-state index < -0.39 is 4.92 Å². The van der Waals surface area contributed by atoms with E-state index in [0.717, 1.165) is 5.56 Å². The molecule has 2 aromatic carbocycles. The number of carbonyl (C=O) groups excluding carboxylic acids is 1. The van der Waals surface area contributed by atoms with Crippen LogP contribution in [0.1, 0.15) is 15.9 Å². The number of nitro groups is 1. The highest BCUT2D eigenvalue weighted by Crippen LogP contribution is 2.30. The molecular weight excluding hydrogens is 362 g/mol. The van der Waals surface area contributed by atoms with E-state index in [9.17, 15) is 14.9 Å². The molecule has 8 heteroatoms. The van der Waals surface area contributed by atoms with Gasteiger partial charge in [0.1, 0.15) is 11.4 Å². The summed E-state index contributed by atoms with van der Waals surface area (Å²) in [6, 6.07) is 12.1. The van der Waals surface area contributed by atoms with Crippen molar-refractivity contribution in [2.75, 3.05) is 45.4 Å². The van der Waals surface area contributed by atoms with Crippen molar-refractivity contribution < 1.29 is 19.2 Å². The van der Waals surface area contributed by atoms with Crippen molar-refractivity contribution in [3.05, 3.63) is 63.7 Å². The summed E-state index contributed by atoms with van der Waals surface area (Å²) in [4.78, 5) is 27.4. The lowest BCUT2D eigenvalue weighted by atomic mass is 10.1. The van der Waals surface area contributed by atoms with Crippen molar-refractivity contribution in [1.82, 2.24) is 4.90 Å². The van der Waals surface area contributed by atoms with Crippen molar-refractivity contribution in [3.63, 3.8) is 0 Å². The molecule has 1 aliphatic heterocycles. The molecule has 1 saturated heterocycles. The minimum Gasteiger partial charge on any atom is -0.497 e. The van der Waals surface area contributed by atoms with Crippen molar-refractivity contribution in [1.29, 1.82) is 0 Å². The molecule has 1 heterocycles. The Labute approximate surface area is 163 Å². The first kappa shape index (κ1) is 19.6. The minimum atomic E-state index is -0.441. The fourth-order valence-corrected chi connectivity index (χ4v) is 3.21. The molecule has 1 amide bonds. The highest BCUT2D eigenvalue weighted by atomic mass is 16.6. The number of benzene rings is 2. The fraction of sp³-hybridized carbons (Fsp3) is 0.350. The van der Waals surface area contributed by atoms with E-state index in [1.165, 1.54) is 11.0 Å². The highest BCUT2D eigenvalue weighted by molar-refractivity contribution is 5.95. The molecule has 2 aromatic rings. The molecule has 0 aliphatic carbocycles. The Balaban J connectivity index is 1.80. The average Bonchev–Trinajstić information content (AvgIpc) is 2.73. The third-order valence-electron chi connectivity index (χ3n) is 4.67. The second-order valence-electron chi connectivity index (χ2n) is 6.57. The molecule has 1 fully saturated rings. The van der Waals surface area contributed by atoms with E-state index in [-0.39, 0.29) is 17.2 Å². The Hall–Kier alpha value is -3.13. The Bertz CT molecular complexity index is 865. The summed E-state index contributed by atoms with van der Waals surface area (Å²) in [6.45, 7) is 2.60. The maximum absolute atomic E-state index is 12.8. The van der Waals surface area contributed by atoms with Gasteiger partial charge in [0.25, 0.3) is 11.6 Å². The van der Waals surface area contributed by atoms with Crippen LogP contribution in [0.3, 0.4) is 0 Å². The number of morpholine rings is 1. The van der Waals surface area contributed by atoms with E-state index in [1.807, 2.05) is 29.2 Å². The number of carbonyl (C=O) groups is 1. The number of rotatable bonds is 6. The van der Waals surface area contributed by atoms with Crippen LogP contribution in [0.4, 0.5) is 11.4 Å². The molecule has 0 unspecified atom stereocenters. The van der Waals surface area contributed by atoms with Gasteiger partial charge in [0.15, 0.2) is 0 Å².